The summed E-state index contributed by atoms with van der Waals surface area (Å²) in [7, 11) is 0. The Morgan fingerprint density at radius 1 is 1.48 bits per heavy atom. The summed E-state index contributed by atoms with van der Waals surface area (Å²) in [5.74, 6) is 0.927. The number of benzene rings is 1. The lowest BCUT2D eigenvalue weighted by Gasteiger charge is -2.10. The van der Waals surface area contributed by atoms with Crippen molar-refractivity contribution in [1.82, 2.24) is 9.78 Å². The van der Waals surface area contributed by atoms with Crippen molar-refractivity contribution in [3.8, 4) is 5.75 Å². The zero-order chi connectivity index (χ0) is 15.0. The maximum absolute atomic E-state index is 12.5. The summed E-state index contributed by atoms with van der Waals surface area (Å²) in [6.45, 7) is 4.71. The molecule has 0 N–H and O–H groups in total. The number of halogens is 1. The summed E-state index contributed by atoms with van der Waals surface area (Å²) in [6.07, 6.45) is 0.620. The summed E-state index contributed by atoms with van der Waals surface area (Å²) in [6, 6.07) is 7.83. The molecule has 5 heteroatoms. The van der Waals surface area contributed by atoms with Gasteiger partial charge in [0, 0.05) is 13.0 Å². The second-order valence-corrected chi connectivity index (χ2v) is 6.02. The monoisotopic (exact) mass is 348 g/mol. The molecule has 0 fully saturated rings. The Labute approximate surface area is 132 Å². The molecule has 0 aliphatic carbocycles. The molecule has 0 spiro atoms. The third-order valence-electron chi connectivity index (χ3n) is 3.80. The number of aromatic nitrogens is 2. The molecule has 2 heterocycles. The van der Waals surface area contributed by atoms with E-state index in [0.29, 0.717) is 12.8 Å². The topological polar surface area (TPSA) is 44.1 Å². The average molecular weight is 349 g/mol. The smallest absolute Gasteiger partial charge is 0.179 e. The molecule has 3 rings (SSSR count). The molecule has 21 heavy (non-hydrogen) atoms. The number of rotatable bonds is 4. The highest BCUT2D eigenvalue weighted by Crippen LogP contribution is 2.30. The number of nitrogens with zero attached hydrogens (tertiary/aromatic N) is 2. The zero-order valence-electron chi connectivity index (χ0n) is 12.1. The second kappa shape index (κ2) is 5.64. The van der Waals surface area contributed by atoms with Gasteiger partial charge in [-0.05, 0) is 41.4 Å². The van der Waals surface area contributed by atoms with Gasteiger partial charge in [0.1, 0.15) is 5.75 Å². The van der Waals surface area contributed by atoms with Gasteiger partial charge in [-0.3, -0.25) is 9.48 Å². The van der Waals surface area contributed by atoms with Gasteiger partial charge in [-0.2, -0.15) is 5.10 Å². The maximum Gasteiger partial charge on any atom is 0.179 e. The van der Waals surface area contributed by atoms with Gasteiger partial charge in [0.2, 0.25) is 0 Å². The maximum atomic E-state index is 12.5. The van der Waals surface area contributed by atoms with E-state index in [2.05, 4.69) is 21.0 Å². The molecule has 1 aromatic heterocycles. The van der Waals surface area contributed by atoms with Crippen LogP contribution in [-0.4, -0.2) is 21.7 Å². The van der Waals surface area contributed by atoms with Gasteiger partial charge >= 0.3 is 0 Å². The normalized spacial score (nSPS) is 16.6. The number of ether oxygens (including phenoxy) is 1. The van der Waals surface area contributed by atoms with Gasteiger partial charge in [0.25, 0.3) is 0 Å². The standard InChI is InChI=1S/C16H17BrN2O2/c1-3-19-12(16(17)10(2)18-19)9-13(20)15-8-11-6-4-5-7-14(11)21-15/h4-7,15H,3,8-9H2,1-2H3. The molecule has 0 radical (unpaired) electrons. The molecule has 1 aliphatic heterocycles. The van der Waals surface area contributed by atoms with Crippen LogP contribution in [0.4, 0.5) is 0 Å². The SMILES string of the molecule is CCn1nc(C)c(Br)c1CC(=O)C1Cc2ccccc2O1. The van der Waals surface area contributed by atoms with Crippen molar-refractivity contribution in [2.45, 2.75) is 39.3 Å². The van der Waals surface area contributed by atoms with Gasteiger partial charge in [-0.1, -0.05) is 18.2 Å². The van der Waals surface area contributed by atoms with E-state index in [1.165, 1.54) is 0 Å². The van der Waals surface area contributed by atoms with Crippen LogP contribution in [0.5, 0.6) is 5.75 Å². The number of carbonyl (C=O) groups is 1. The summed E-state index contributed by atoms with van der Waals surface area (Å²) in [5.41, 5.74) is 2.95. The highest BCUT2D eigenvalue weighted by Gasteiger charge is 2.30. The van der Waals surface area contributed by atoms with Crippen molar-refractivity contribution in [3.05, 3.63) is 45.7 Å². The minimum absolute atomic E-state index is 0.0986. The van der Waals surface area contributed by atoms with Crippen LogP contribution in [0.3, 0.4) is 0 Å². The van der Waals surface area contributed by atoms with Crippen LogP contribution in [0.2, 0.25) is 0 Å². The van der Waals surface area contributed by atoms with Gasteiger partial charge in [0.15, 0.2) is 11.9 Å². The van der Waals surface area contributed by atoms with Crippen molar-refractivity contribution < 1.29 is 9.53 Å². The Bertz CT molecular complexity index is 669. The first-order valence-electron chi connectivity index (χ1n) is 7.09. The summed E-state index contributed by atoms with van der Waals surface area (Å²) < 4.78 is 8.57. The first kappa shape index (κ1) is 14.3. The Kier molecular flexibility index (Phi) is 3.85. The van der Waals surface area contributed by atoms with Crippen molar-refractivity contribution in [3.63, 3.8) is 0 Å². The molecule has 0 bridgehead atoms. The van der Waals surface area contributed by atoms with Crippen LogP contribution in [0.15, 0.2) is 28.7 Å². The molecule has 1 unspecified atom stereocenters. The molecular formula is C16H17BrN2O2. The number of Topliss-reactive ketones (excluding diaryl/α,β-unsaturated/α-hetero) is 1. The highest BCUT2D eigenvalue weighted by molar-refractivity contribution is 9.10. The predicted octanol–water partition coefficient (Wildman–Crippen LogP) is 3.09. The largest absolute Gasteiger partial charge is 0.482 e. The Hall–Kier alpha value is -1.62. The minimum atomic E-state index is -0.380. The Morgan fingerprint density at radius 2 is 2.24 bits per heavy atom. The number of carbonyl (C=O) groups excluding carboxylic acids is 1. The van der Waals surface area contributed by atoms with Crippen LogP contribution >= 0.6 is 15.9 Å². The van der Waals surface area contributed by atoms with Crippen molar-refractivity contribution >= 4 is 21.7 Å². The highest BCUT2D eigenvalue weighted by atomic mass is 79.9. The van der Waals surface area contributed by atoms with Gasteiger partial charge < -0.3 is 4.74 Å². The number of aryl methyl sites for hydroxylation is 2. The Morgan fingerprint density at radius 3 is 2.95 bits per heavy atom. The molecule has 1 atom stereocenters. The average Bonchev–Trinajstić information content (AvgIpc) is 3.03. The number of fused-ring (bicyclic) bond motifs is 1. The molecule has 0 amide bonds. The van der Waals surface area contributed by atoms with E-state index in [1.807, 2.05) is 42.8 Å². The number of ketones is 1. The van der Waals surface area contributed by atoms with E-state index in [0.717, 1.165) is 33.7 Å². The first-order valence-corrected chi connectivity index (χ1v) is 7.88. The van der Waals surface area contributed by atoms with Crippen LogP contribution in [-0.2, 0) is 24.2 Å². The fourth-order valence-corrected chi connectivity index (χ4v) is 3.10. The summed E-state index contributed by atoms with van der Waals surface area (Å²) >= 11 is 3.53. The van der Waals surface area contributed by atoms with Gasteiger partial charge in [-0.25, -0.2) is 0 Å². The third-order valence-corrected chi connectivity index (χ3v) is 4.83. The predicted molar refractivity (Wildman–Crippen MR) is 83.6 cm³/mol. The summed E-state index contributed by atoms with van der Waals surface area (Å²) in [4.78, 5) is 12.5. The van der Waals surface area contributed by atoms with E-state index < -0.39 is 0 Å². The van der Waals surface area contributed by atoms with Crippen LogP contribution in [0.25, 0.3) is 0 Å². The number of hydrogen-bond acceptors (Lipinski definition) is 3. The van der Waals surface area contributed by atoms with Gasteiger partial charge in [0.05, 0.1) is 22.3 Å². The van der Waals surface area contributed by atoms with Crippen LogP contribution < -0.4 is 4.74 Å². The molecule has 2 aromatic rings. The molecule has 0 saturated carbocycles. The van der Waals surface area contributed by atoms with Crippen LogP contribution in [0, 0.1) is 6.92 Å². The fraction of sp³-hybridized carbons (Fsp3) is 0.375. The third kappa shape index (κ3) is 2.62. The zero-order valence-corrected chi connectivity index (χ0v) is 13.7. The van der Waals surface area contributed by atoms with E-state index in [9.17, 15) is 4.79 Å². The summed E-state index contributed by atoms with van der Waals surface area (Å²) in [5, 5.41) is 4.42. The van der Waals surface area contributed by atoms with E-state index in [4.69, 9.17) is 4.74 Å². The molecule has 0 saturated heterocycles. The van der Waals surface area contributed by atoms with E-state index >= 15 is 0 Å². The van der Waals surface area contributed by atoms with Crippen LogP contribution in [0.1, 0.15) is 23.9 Å². The first-order chi connectivity index (χ1) is 10.1. The lowest BCUT2D eigenvalue weighted by molar-refractivity contribution is -0.124. The molecule has 1 aromatic carbocycles. The lowest BCUT2D eigenvalue weighted by Crippen LogP contribution is -2.27. The number of hydrogen-bond donors (Lipinski definition) is 0. The quantitative estimate of drug-likeness (QED) is 0.852. The number of para-hydroxylation sites is 1. The minimum Gasteiger partial charge on any atom is -0.482 e. The lowest BCUT2D eigenvalue weighted by atomic mass is 10.0. The Balaban J connectivity index is 1.77. The van der Waals surface area contributed by atoms with E-state index in [1.54, 1.807) is 0 Å². The van der Waals surface area contributed by atoms with Crippen molar-refractivity contribution in [2.24, 2.45) is 0 Å². The van der Waals surface area contributed by atoms with Crippen molar-refractivity contribution in [2.75, 3.05) is 0 Å². The van der Waals surface area contributed by atoms with Gasteiger partial charge in [-0.15, -0.1) is 0 Å². The molecule has 110 valence electrons. The molecular weight excluding hydrogens is 332 g/mol. The molecule has 4 nitrogen and oxygen atoms in total. The van der Waals surface area contributed by atoms with E-state index in [-0.39, 0.29) is 11.9 Å². The second-order valence-electron chi connectivity index (χ2n) is 5.22. The fourth-order valence-electron chi connectivity index (χ4n) is 2.68. The molecule has 1 aliphatic rings. The van der Waals surface area contributed by atoms with Crippen molar-refractivity contribution in [1.29, 1.82) is 0 Å².